The van der Waals surface area contributed by atoms with Crippen LogP contribution in [-0.2, 0) is 0 Å². The average molecular weight is 377 g/mol. The predicted molar refractivity (Wildman–Crippen MR) is 106 cm³/mol. The molecule has 1 aliphatic rings. The van der Waals surface area contributed by atoms with Gasteiger partial charge in [-0.05, 0) is 53.6 Å². The molecule has 2 aromatic carbocycles. The van der Waals surface area contributed by atoms with Crippen molar-refractivity contribution in [1.29, 1.82) is 0 Å². The monoisotopic (exact) mass is 377 g/mol. The molecule has 1 aliphatic heterocycles. The smallest absolute Gasteiger partial charge is 0.341 e. The fourth-order valence-corrected chi connectivity index (χ4v) is 4.48. The van der Waals surface area contributed by atoms with Gasteiger partial charge in [0.05, 0.1) is 16.9 Å². The molecule has 0 amide bonds. The number of carboxylic acid groups (broad SMARTS) is 1. The number of nitrogens with zero attached hydrogens (tertiary/aromatic N) is 1. The van der Waals surface area contributed by atoms with Crippen LogP contribution in [0.4, 0.5) is 0 Å². The lowest BCUT2D eigenvalue weighted by Crippen LogP contribution is -2.26. The topological polar surface area (TPSA) is 68.5 Å². The molecule has 6 heteroatoms. The van der Waals surface area contributed by atoms with E-state index in [1.165, 1.54) is 10.9 Å². The van der Waals surface area contributed by atoms with Gasteiger partial charge in [0.2, 0.25) is 5.43 Å². The zero-order valence-electron chi connectivity index (χ0n) is 14.4. The Bertz CT molecular complexity index is 1300. The number of aromatic carboxylic acids is 1. The summed E-state index contributed by atoms with van der Waals surface area (Å²) < 4.78 is 9.10. The minimum Gasteiger partial charge on any atom is -0.489 e. The summed E-state index contributed by atoms with van der Waals surface area (Å²) >= 11 is 1.69. The van der Waals surface area contributed by atoms with Gasteiger partial charge in [-0.3, -0.25) is 4.79 Å². The van der Waals surface area contributed by atoms with Crippen molar-refractivity contribution in [3.8, 4) is 16.9 Å². The van der Waals surface area contributed by atoms with Crippen LogP contribution in [0.25, 0.3) is 32.1 Å². The Morgan fingerprint density at radius 1 is 1.26 bits per heavy atom. The molecule has 3 heterocycles. The van der Waals surface area contributed by atoms with Gasteiger partial charge < -0.3 is 14.4 Å². The third kappa shape index (κ3) is 2.30. The Morgan fingerprint density at radius 3 is 2.93 bits per heavy atom. The SMILES string of the molecule is CC1COc2c(-c3ccc4sccc4c3)ccc3c(=O)c(C(=O)O)cn1c23. The minimum absolute atomic E-state index is 0.0618. The first-order chi connectivity index (χ1) is 13.0. The van der Waals surface area contributed by atoms with Gasteiger partial charge in [-0.1, -0.05) is 6.07 Å². The predicted octanol–water partition coefficient (Wildman–Crippen LogP) is 4.53. The number of fused-ring (bicyclic) bond motifs is 1. The first-order valence-corrected chi connectivity index (χ1v) is 9.48. The van der Waals surface area contributed by atoms with Crippen LogP contribution < -0.4 is 10.2 Å². The Kier molecular flexibility index (Phi) is 3.39. The van der Waals surface area contributed by atoms with E-state index in [0.717, 1.165) is 16.5 Å². The number of aromatic nitrogens is 1. The summed E-state index contributed by atoms with van der Waals surface area (Å²) in [6.07, 6.45) is 1.44. The normalized spacial score (nSPS) is 15.8. The van der Waals surface area contributed by atoms with Crippen LogP contribution in [0.3, 0.4) is 0 Å². The molecule has 2 aromatic heterocycles. The highest BCUT2D eigenvalue weighted by Gasteiger charge is 2.26. The fourth-order valence-electron chi connectivity index (χ4n) is 3.71. The zero-order chi connectivity index (χ0) is 18.7. The molecule has 0 radical (unpaired) electrons. The van der Waals surface area contributed by atoms with E-state index in [9.17, 15) is 14.7 Å². The molecule has 134 valence electrons. The third-order valence-electron chi connectivity index (χ3n) is 5.08. The van der Waals surface area contributed by atoms with Crippen molar-refractivity contribution in [1.82, 2.24) is 4.57 Å². The van der Waals surface area contributed by atoms with E-state index in [1.807, 2.05) is 23.6 Å². The van der Waals surface area contributed by atoms with Crippen molar-refractivity contribution in [3.05, 3.63) is 63.8 Å². The highest BCUT2D eigenvalue weighted by Crippen LogP contribution is 2.41. The van der Waals surface area contributed by atoms with E-state index in [4.69, 9.17) is 4.74 Å². The Hall–Kier alpha value is -3.12. The van der Waals surface area contributed by atoms with E-state index < -0.39 is 11.4 Å². The number of thiophene rings is 1. The van der Waals surface area contributed by atoms with Crippen LogP contribution in [0.15, 0.2) is 52.8 Å². The molecule has 0 spiro atoms. The van der Waals surface area contributed by atoms with Gasteiger partial charge in [0.25, 0.3) is 0 Å². The summed E-state index contributed by atoms with van der Waals surface area (Å²) in [5.41, 5.74) is 1.88. The van der Waals surface area contributed by atoms with E-state index >= 15 is 0 Å². The number of ether oxygens (including phenoxy) is 1. The zero-order valence-corrected chi connectivity index (χ0v) is 15.2. The van der Waals surface area contributed by atoms with E-state index in [-0.39, 0.29) is 11.6 Å². The Morgan fingerprint density at radius 2 is 2.11 bits per heavy atom. The molecule has 1 unspecified atom stereocenters. The van der Waals surface area contributed by atoms with Crippen molar-refractivity contribution in [2.45, 2.75) is 13.0 Å². The molecular weight excluding hydrogens is 362 g/mol. The largest absolute Gasteiger partial charge is 0.489 e. The third-order valence-corrected chi connectivity index (χ3v) is 5.98. The average Bonchev–Trinajstić information content (AvgIpc) is 3.13. The molecule has 1 atom stereocenters. The van der Waals surface area contributed by atoms with Gasteiger partial charge in [-0.2, -0.15) is 0 Å². The summed E-state index contributed by atoms with van der Waals surface area (Å²) in [7, 11) is 0. The van der Waals surface area contributed by atoms with Crippen molar-refractivity contribution in [2.24, 2.45) is 0 Å². The molecule has 0 aliphatic carbocycles. The van der Waals surface area contributed by atoms with Gasteiger partial charge in [0, 0.05) is 16.5 Å². The van der Waals surface area contributed by atoms with Crippen LogP contribution in [0.2, 0.25) is 0 Å². The highest BCUT2D eigenvalue weighted by atomic mass is 32.1. The minimum atomic E-state index is -1.21. The first kappa shape index (κ1) is 16.1. The van der Waals surface area contributed by atoms with Crippen LogP contribution in [0, 0.1) is 0 Å². The second kappa shape index (κ2) is 5.69. The van der Waals surface area contributed by atoms with E-state index in [1.54, 1.807) is 17.4 Å². The van der Waals surface area contributed by atoms with E-state index in [2.05, 4.69) is 23.6 Å². The molecule has 0 bridgehead atoms. The maximum Gasteiger partial charge on any atom is 0.341 e. The van der Waals surface area contributed by atoms with Crippen LogP contribution >= 0.6 is 11.3 Å². The number of rotatable bonds is 2. The van der Waals surface area contributed by atoms with Crippen LogP contribution in [0.1, 0.15) is 23.3 Å². The summed E-state index contributed by atoms with van der Waals surface area (Å²) in [6.45, 7) is 2.37. The summed E-state index contributed by atoms with van der Waals surface area (Å²) in [5.74, 6) is -0.577. The Balaban J connectivity index is 1.85. The standard InChI is InChI=1S/C21H15NO4S/c1-11-10-26-20-14(12-2-5-17-13(8-12)6-7-27-17)3-4-15-18(20)22(11)9-16(19(15)23)21(24)25/h2-9,11H,10H2,1H3,(H,24,25). The number of carbonyl (C=O) groups is 1. The molecule has 0 saturated carbocycles. The molecule has 1 N–H and O–H groups in total. The van der Waals surface area contributed by atoms with Gasteiger partial charge in [0.15, 0.2) is 5.75 Å². The van der Waals surface area contributed by atoms with Crippen molar-refractivity contribution < 1.29 is 14.6 Å². The lowest BCUT2D eigenvalue weighted by molar-refractivity contribution is 0.0694. The number of hydrogen-bond acceptors (Lipinski definition) is 4. The molecule has 5 nitrogen and oxygen atoms in total. The second-order valence-corrected chi connectivity index (χ2v) is 7.70. The van der Waals surface area contributed by atoms with Crippen LogP contribution in [-0.4, -0.2) is 22.2 Å². The second-order valence-electron chi connectivity index (χ2n) is 6.76. The summed E-state index contributed by atoms with van der Waals surface area (Å²) in [4.78, 5) is 24.1. The molecular formula is C21H15NO4S. The molecule has 5 rings (SSSR count). The van der Waals surface area contributed by atoms with Crippen molar-refractivity contribution in [2.75, 3.05) is 6.61 Å². The Labute approximate surface area is 158 Å². The van der Waals surface area contributed by atoms with Gasteiger partial charge in [0.1, 0.15) is 12.2 Å². The van der Waals surface area contributed by atoms with Gasteiger partial charge in [-0.25, -0.2) is 4.79 Å². The molecule has 4 aromatic rings. The number of carboxylic acids is 1. The lowest BCUT2D eigenvalue weighted by Gasteiger charge is -2.28. The lowest BCUT2D eigenvalue weighted by atomic mass is 9.98. The summed E-state index contributed by atoms with van der Waals surface area (Å²) in [5, 5.41) is 13.0. The van der Waals surface area contributed by atoms with Gasteiger partial charge in [-0.15, -0.1) is 11.3 Å². The molecule has 0 fully saturated rings. The fraction of sp³-hybridized carbons (Fsp3) is 0.143. The highest BCUT2D eigenvalue weighted by molar-refractivity contribution is 7.17. The number of benzene rings is 2. The number of hydrogen-bond donors (Lipinski definition) is 1. The summed E-state index contributed by atoms with van der Waals surface area (Å²) in [6, 6.07) is 11.8. The maximum absolute atomic E-state index is 12.7. The maximum atomic E-state index is 12.7. The van der Waals surface area contributed by atoms with Crippen molar-refractivity contribution >= 4 is 38.3 Å². The van der Waals surface area contributed by atoms with Crippen LogP contribution in [0.5, 0.6) is 5.75 Å². The first-order valence-electron chi connectivity index (χ1n) is 8.60. The quantitative estimate of drug-likeness (QED) is 0.557. The molecule has 0 saturated heterocycles. The van der Waals surface area contributed by atoms with Crippen molar-refractivity contribution in [3.63, 3.8) is 0 Å². The van der Waals surface area contributed by atoms with E-state index in [0.29, 0.717) is 23.3 Å². The number of pyridine rings is 1. The molecule has 27 heavy (non-hydrogen) atoms. The van der Waals surface area contributed by atoms with Gasteiger partial charge >= 0.3 is 5.97 Å².